The van der Waals surface area contributed by atoms with E-state index < -0.39 is 0 Å². The van der Waals surface area contributed by atoms with Gasteiger partial charge in [0.1, 0.15) is 11.6 Å². The van der Waals surface area contributed by atoms with Crippen LogP contribution in [-0.4, -0.2) is 27.7 Å². The summed E-state index contributed by atoms with van der Waals surface area (Å²) in [6, 6.07) is 13.3. The molecular weight excluding hydrogens is 358 g/mol. The van der Waals surface area contributed by atoms with Crippen LogP contribution in [0.1, 0.15) is 33.6 Å². The number of hydrogen-bond donors (Lipinski definition) is 1. The molecule has 140 valence electrons. The summed E-state index contributed by atoms with van der Waals surface area (Å²) in [7, 11) is 0. The van der Waals surface area contributed by atoms with E-state index in [1.807, 2.05) is 30.3 Å². The van der Waals surface area contributed by atoms with Crippen LogP contribution in [0.3, 0.4) is 0 Å². The largest absolute Gasteiger partial charge is 0.507 e. The summed E-state index contributed by atoms with van der Waals surface area (Å²) in [5.41, 5.74) is 1.58. The fourth-order valence-corrected chi connectivity index (χ4v) is 4.18. The predicted octanol–water partition coefficient (Wildman–Crippen LogP) is 5.67. The maximum Gasteiger partial charge on any atom is 0.165 e. The van der Waals surface area contributed by atoms with E-state index in [2.05, 4.69) is 25.7 Å². The molecule has 1 aliphatic rings. The van der Waals surface area contributed by atoms with Gasteiger partial charge in [-0.25, -0.2) is 9.97 Å². The van der Waals surface area contributed by atoms with Crippen molar-refractivity contribution >= 4 is 28.3 Å². The Kier molecular flexibility index (Phi) is 4.47. The Labute approximate surface area is 164 Å². The van der Waals surface area contributed by atoms with E-state index in [0.29, 0.717) is 22.5 Å². The number of anilines is 1. The Morgan fingerprint density at radius 1 is 1.11 bits per heavy atom. The molecule has 1 fully saturated rings. The highest BCUT2D eigenvalue weighted by atomic mass is 35.5. The molecule has 0 bridgehead atoms. The SMILES string of the molecule is CC(C)(C)C1CCCN1c1nc(-c2ccccc2O)nc2cc(Cl)ccc12. The highest BCUT2D eigenvalue weighted by Gasteiger charge is 2.36. The molecule has 1 unspecified atom stereocenters. The topological polar surface area (TPSA) is 49.2 Å². The van der Waals surface area contributed by atoms with E-state index in [9.17, 15) is 5.11 Å². The summed E-state index contributed by atoms with van der Waals surface area (Å²) < 4.78 is 0. The molecule has 0 saturated carbocycles. The highest BCUT2D eigenvalue weighted by Crippen LogP contribution is 2.39. The lowest BCUT2D eigenvalue weighted by Crippen LogP contribution is -2.40. The number of aromatic hydroxyl groups is 1. The molecule has 1 N–H and O–H groups in total. The summed E-state index contributed by atoms with van der Waals surface area (Å²) >= 11 is 6.24. The van der Waals surface area contributed by atoms with Crippen molar-refractivity contribution in [3.05, 3.63) is 47.5 Å². The Balaban J connectivity index is 1.95. The number of phenols is 1. The van der Waals surface area contributed by atoms with Crippen molar-refractivity contribution in [3.8, 4) is 17.1 Å². The van der Waals surface area contributed by atoms with Crippen LogP contribution in [0.25, 0.3) is 22.3 Å². The number of fused-ring (bicyclic) bond motifs is 1. The summed E-state index contributed by atoms with van der Waals surface area (Å²) in [5.74, 6) is 1.63. The molecule has 27 heavy (non-hydrogen) atoms. The van der Waals surface area contributed by atoms with Crippen LogP contribution in [0.15, 0.2) is 42.5 Å². The van der Waals surface area contributed by atoms with Crippen molar-refractivity contribution in [2.45, 2.75) is 39.7 Å². The molecular formula is C22H24ClN3O. The Morgan fingerprint density at radius 3 is 2.63 bits per heavy atom. The molecule has 2 heterocycles. The molecule has 4 nitrogen and oxygen atoms in total. The first-order valence-corrected chi connectivity index (χ1v) is 9.75. The molecule has 0 spiro atoms. The van der Waals surface area contributed by atoms with E-state index in [4.69, 9.17) is 21.6 Å². The summed E-state index contributed by atoms with van der Waals surface area (Å²) in [5, 5.41) is 11.9. The Morgan fingerprint density at radius 2 is 1.89 bits per heavy atom. The minimum atomic E-state index is 0.148. The number of halogens is 1. The van der Waals surface area contributed by atoms with Crippen molar-refractivity contribution in [1.82, 2.24) is 9.97 Å². The highest BCUT2D eigenvalue weighted by molar-refractivity contribution is 6.31. The monoisotopic (exact) mass is 381 g/mol. The Bertz CT molecular complexity index is 997. The van der Waals surface area contributed by atoms with Crippen LogP contribution in [0.2, 0.25) is 5.02 Å². The zero-order valence-corrected chi connectivity index (χ0v) is 16.7. The van der Waals surface area contributed by atoms with Gasteiger partial charge < -0.3 is 10.0 Å². The lowest BCUT2D eigenvalue weighted by Gasteiger charge is -2.36. The lowest BCUT2D eigenvalue weighted by molar-refractivity contribution is 0.320. The second-order valence-corrected chi connectivity index (χ2v) is 8.70. The van der Waals surface area contributed by atoms with Gasteiger partial charge in [0.05, 0.1) is 11.1 Å². The zero-order valence-electron chi connectivity index (χ0n) is 15.9. The first-order valence-electron chi connectivity index (χ1n) is 9.37. The summed E-state index contributed by atoms with van der Waals surface area (Å²) in [6.07, 6.45) is 2.29. The van der Waals surface area contributed by atoms with Crippen molar-refractivity contribution < 1.29 is 5.11 Å². The quantitative estimate of drug-likeness (QED) is 0.621. The van der Waals surface area contributed by atoms with Gasteiger partial charge in [0, 0.05) is 23.0 Å². The molecule has 0 aliphatic carbocycles. The number of nitrogens with zero attached hydrogens (tertiary/aromatic N) is 3. The van der Waals surface area contributed by atoms with Gasteiger partial charge in [-0.2, -0.15) is 0 Å². The van der Waals surface area contributed by atoms with Crippen LogP contribution < -0.4 is 4.90 Å². The van der Waals surface area contributed by atoms with Gasteiger partial charge in [0.25, 0.3) is 0 Å². The molecule has 3 aromatic rings. The first-order chi connectivity index (χ1) is 12.8. The lowest BCUT2D eigenvalue weighted by atomic mass is 9.85. The zero-order chi connectivity index (χ0) is 19.2. The van der Waals surface area contributed by atoms with Gasteiger partial charge in [-0.3, -0.25) is 0 Å². The molecule has 1 aliphatic heterocycles. The van der Waals surface area contributed by atoms with Crippen LogP contribution in [-0.2, 0) is 0 Å². The number of hydrogen-bond acceptors (Lipinski definition) is 4. The summed E-state index contributed by atoms with van der Waals surface area (Å²) in [6.45, 7) is 7.80. The third kappa shape index (κ3) is 3.34. The normalized spacial score (nSPS) is 17.6. The average molecular weight is 382 g/mol. The van der Waals surface area contributed by atoms with Crippen LogP contribution in [0.5, 0.6) is 5.75 Å². The van der Waals surface area contributed by atoms with Gasteiger partial charge in [0.15, 0.2) is 5.82 Å². The maximum atomic E-state index is 10.3. The molecule has 1 saturated heterocycles. The van der Waals surface area contributed by atoms with Crippen molar-refractivity contribution in [1.29, 1.82) is 0 Å². The smallest absolute Gasteiger partial charge is 0.165 e. The van der Waals surface area contributed by atoms with E-state index in [0.717, 1.165) is 36.1 Å². The van der Waals surface area contributed by atoms with Crippen molar-refractivity contribution in [2.24, 2.45) is 5.41 Å². The van der Waals surface area contributed by atoms with E-state index >= 15 is 0 Å². The Hall–Kier alpha value is -2.33. The molecule has 1 aromatic heterocycles. The van der Waals surface area contributed by atoms with Crippen molar-refractivity contribution in [2.75, 3.05) is 11.4 Å². The average Bonchev–Trinajstić information content (AvgIpc) is 3.11. The fourth-order valence-electron chi connectivity index (χ4n) is 4.01. The standard InChI is InChI=1S/C22H24ClN3O/c1-22(2,3)19-9-6-12-26(19)21-15-11-10-14(23)13-17(15)24-20(25-21)16-7-4-5-8-18(16)27/h4-5,7-8,10-11,13,19,27H,6,9,12H2,1-3H3. The van der Waals surface area contributed by atoms with E-state index in [-0.39, 0.29) is 11.2 Å². The molecule has 2 aromatic carbocycles. The van der Waals surface area contributed by atoms with Gasteiger partial charge >= 0.3 is 0 Å². The van der Waals surface area contributed by atoms with Crippen LogP contribution >= 0.6 is 11.6 Å². The van der Waals surface area contributed by atoms with E-state index in [1.165, 1.54) is 0 Å². The molecule has 5 heteroatoms. The summed E-state index contributed by atoms with van der Waals surface area (Å²) in [4.78, 5) is 12.0. The van der Waals surface area contributed by atoms with Crippen LogP contribution in [0.4, 0.5) is 5.82 Å². The number of phenolic OH excluding ortho intramolecular Hbond substituents is 1. The first kappa shape index (κ1) is 18.1. The number of aromatic nitrogens is 2. The third-order valence-electron chi connectivity index (χ3n) is 5.31. The number of benzene rings is 2. The third-order valence-corrected chi connectivity index (χ3v) is 5.54. The van der Waals surface area contributed by atoms with Crippen LogP contribution in [0, 0.1) is 5.41 Å². The van der Waals surface area contributed by atoms with Crippen molar-refractivity contribution in [3.63, 3.8) is 0 Å². The predicted molar refractivity (Wildman–Crippen MR) is 111 cm³/mol. The van der Waals surface area contributed by atoms with Gasteiger partial charge in [-0.15, -0.1) is 0 Å². The molecule has 4 rings (SSSR count). The number of rotatable bonds is 2. The van der Waals surface area contributed by atoms with Gasteiger partial charge in [-0.1, -0.05) is 44.5 Å². The minimum absolute atomic E-state index is 0.148. The molecule has 1 atom stereocenters. The van der Waals surface area contributed by atoms with Gasteiger partial charge in [0.2, 0.25) is 0 Å². The second kappa shape index (κ2) is 6.68. The second-order valence-electron chi connectivity index (χ2n) is 8.27. The molecule has 0 amide bonds. The van der Waals surface area contributed by atoms with E-state index in [1.54, 1.807) is 12.1 Å². The number of para-hydroxylation sites is 1. The molecule has 0 radical (unpaired) electrons. The fraction of sp³-hybridized carbons (Fsp3) is 0.364. The maximum absolute atomic E-state index is 10.3. The van der Waals surface area contributed by atoms with Gasteiger partial charge in [-0.05, 0) is 48.6 Å². The minimum Gasteiger partial charge on any atom is -0.507 e.